The molecule has 0 fully saturated rings. The van der Waals surface area contributed by atoms with E-state index in [0.29, 0.717) is 18.1 Å². The first kappa shape index (κ1) is 11.2. The number of carbonyl (C=O) groups is 1. The Morgan fingerprint density at radius 2 is 2.29 bits per heavy atom. The summed E-state index contributed by atoms with van der Waals surface area (Å²) in [7, 11) is 0. The molecule has 0 spiro atoms. The third-order valence-corrected chi connectivity index (χ3v) is 2.00. The number of benzene rings is 1. The van der Waals surface area contributed by atoms with Gasteiger partial charge in [0.05, 0.1) is 13.1 Å². The fourth-order valence-corrected chi connectivity index (χ4v) is 1.28. The maximum absolute atomic E-state index is 10.9. The standard InChI is InChI=1S/C10H13ClN2O/c11-9-3-1-2-8(4-9)6-13-7-10(14)5-12/h1-4,13H,5-7,12H2. The molecule has 0 aromatic heterocycles. The smallest absolute Gasteiger partial charge is 0.160 e. The average Bonchev–Trinajstić information content (AvgIpc) is 2.17. The number of Topliss-reactive ketones (excluding diaryl/α,β-unsaturated/α-hetero) is 1. The molecule has 1 aromatic carbocycles. The number of nitrogens with two attached hydrogens (primary N) is 1. The minimum atomic E-state index is 0.00651. The van der Waals surface area contributed by atoms with Crippen molar-refractivity contribution in [3.05, 3.63) is 34.9 Å². The molecule has 0 aliphatic rings. The lowest BCUT2D eigenvalue weighted by Crippen LogP contribution is -2.27. The van der Waals surface area contributed by atoms with Gasteiger partial charge in [-0.15, -0.1) is 0 Å². The van der Waals surface area contributed by atoms with Gasteiger partial charge in [0.1, 0.15) is 0 Å². The Kier molecular flexibility index (Phi) is 4.59. The highest BCUT2D eigenvalue weighted by molar-refractivity contribution is 6.30. The second-order valence-electron chi connectivity index (χ2n) is 2.98. The molecule has 0 radical (unpaired) electrons. The molecule has 14 heavy (non-hydrogen) atoms. The van der Waals surface area contributed by atoms with Gasteiger partial charge in [-0.1, -0.05) is 23.7 Å². The maximum Gasteiger partial charge on any atom is 0.160 e. The van der Waals surface area contributed by atoms with E-state index in [1.54, 1.807) is 0 Å². The van der Waals surface area contributed by atoms with Crippen molar-refractivity contribution in [3.63, 3.8) is 0 Å². The van der Waals surface area contributed by atoms with Gasteiger partial charge in [0.25, 0.3) is 0 Å². The minimum Gasteiger partial charge on any atom is -0.324 e. The van der Waals surface area contributed by atoms with Crippen LogP contribution in [0.5, 0.6) is 0 Å². The van der Waals surface area contributed by atoms with E-state index < -0.39 is 0 Å². The number of ketones is 1. The van der Waals surface area contributed by atoms with Crippen LogP contribution in [0.3, 0.4) is 0 Å². The molecular formula is C10H13ClN2O. The first-order chi connectivity index (χ1) is 6.72. The average molecular weight is 213 g/mol. The third-order valence-electron chi connectivity index (χ3n) is 1.77. The van der Waals surface area contributed by atoms with Crippen LogP contribution in [0.25, 0.3) is 0 Å². The Labute approximate surface area is 88.2 Å². The molecular weight excluding hydrogens is 200 g/mol. The maximum atomic E-state index is 10.9. The molecule has 0 aliphatic heterocycles. The highest BCUT2D eigenvalue weighted by Crippen LogP contribution is 2.09. The van der Waals surface area contributed by atoms with Crippen LogP contribution in [0, 0.1) is 0 Å². The highest BCUT2D eigenvalue weighted by atomic mass is 35.5. The second kappa shape index (κ2) is 5.75. The number of halogens is 1. The molecule has 3 N–H and O–H groups in total. The Bertz CT molecular complexity index is 315. The molecule has 4 heteroatoms. The van der Waals surface area contributed by atoms with Crippen LogP contribution in [0.15, 0.2) is 24.3 Å². The van der Waals surface area contributed by atoms with E-state index in [1.165, 1.54) is 0 Å². The summed E-state index contributed by atoms with van der Waals surface area (Å²) in [4.78, 5) is 10.9. The molecule has 0 bridgehead atoms. The zero-order valence-corrected chi connectivity index (χ0v) is 8.55. The van der Waals surface area contributed by atoms with Crippen molar-refractivity contribution in [2.24, 2.45) is 5.73 Å². The lowest BCUT2D eigenvalue weighted by atomic mass is 10.2. The largest absolute Gasteiger partial charge is 0.324 e. The predicted molar refractivity (Wildman–Crippen MR) is 57.2 cm³/mol. The Morgan fingerprint density at radius 3 is 2.93 bits per heavy atom. The van der Waals surface area contributed by atoms with Gasteiger partial charge in [-0.25, -0.2) is 0 Å². The van der Waals surface area contributed by atoms with Crippen molar-refractivity contribution in [2.45, 2.75) is 6.54 Å². The van der Waals surface area contributed by atoms with Crippen LogP contribution in [-0.2, 0) is 11.3 Å². The first-order valence-electron chi connectivity index (χ1n) is 4.39. The second-order valence-corrected chi connectivity index (χ2v) is 3.41. The summed E-state index contributed by atoms with van der Waals surface area (Å²) < 4.78 is 0. The van der Waals surface area contributed by atoms with Crippen LogP contribution in [0.4, 0.5) is 0 Å². The molecule has 0 saturated carbocycles. The van der Waals surface area contributed by atoms with E-state index in [9.17, 15) is 4.79 Å². The molecule has 0 aliphatic carbocycles. The zero-order chi connectivity index (χ0) is 10.4. The summed E-state index contributed by atoms with van der Waals surface area (Å²) in [5.41, 5.74) is 6.22. The molecule has 3 nitrogen and oxygen atoms in total. The third kappa shape index (κ3) is 3.87. The quantitative estimate of drug-likeness (QED) is 0.765. The Hall–Kier alpha value is -0.900. The van der Waals surface area contributed by atoms with E-state index in [1.807, 2.05) is 24.3 Å². The lowest BCUT2D eigenvalue weighted by Gasteiger charge is -2.03. The summed E-state index contributed by atoms with van der Waals surface area (Å²) in [5.74, 6) is 0.00651. The summed E-state index contributed by atoms with van der Waals surface area (Å²) >= 11 is 5.80. The molecule has 0 amide bonds. The van der Waals surface area contributed by atoms with Gasteiger partial charge in [-0.05, 0) is 17.7 Å². The van der Waals surface area contributed by atoms with Crippen molar-refractivity contribution < 1.29 is 4.79 Å². The normalized spacial score (nSPS) is 10.1. The van der Waals surface area contributed by atoms with Crippen LogP contribution in [-0.4, -0.2) is 18.9 Å². The van der Waals surface area contributed by atoms with Crippen molar-refractivity contribution in [1.82, 2.24) is 5.32 Å². The van der Waals surface area contributed by atoms with Crippen LogP contribution < -0.4 is 11.1 Å². The highest BCUT2D eigenvalue weighted by Gasteiger charge is 1.98. The van der Waals surface area contributed by atoms with E-state index >= 15 is 0 Å². The molecule has 0 unspecified atom stereocenters. The number of carbonyl (C=O) groups excluding carboxylic acids is 1. The van der Waals surface area contributed by atoms with E-state index in [2.05, 4.69) is 5.32 Å². The molecule has 0 atom stereocenters. The number of hydrogen-bond donors (Lipinski definition) is 2. The molecule has 0 saturated heterocycles. The Morgan fingerprint density at radius 1 is 1.50 bits per heavy atom. The van der Waals surface area contributed by atoms with E-state index in [4.69, 9.17) is 17.3 Å². The lowest BCUT2D eigenvalue weighted by molar-refractivity contribution is -0.116. The monoisotopic (exact) mass is 212 g/mol. The van der Waals surface area contributed by atoms with Gasteiger partial charge in [0, 0.05) is 11.6 Å². The van der Waals surface area contributed by atoms with Crippen LogP contribution in [0.2, 0.25) is 5.02 Å². The topological polar surface area (TPSA) is 55.1 Å². The van der Waals surface area contributed by atoms with E-state index in [0.717, 1.165) is 5.56 Å². The van der Waals surface area contributed by atoms with Gasteiger partial charge in [0.2, 0.25) is 0 Å². The van der Waals surface area contributed by atoms with Gasteiger partial charge in [-0.3, -0.25) is 4.79 Å². The molecule has 76 valence electrons. The molecule has 1 rings (SSSR count). The van der Waals surface area contributed by atoms with Gasteiger partial charge >= 0.3 is 0 Å². The number of rotatable bonds is 5. The van der Waals surface area contributed by atoms with E-state index in [-0.39, 0.29) is 12.3 Å². The fraction of sp³-hybridized carbons (Fsp3) is 0.300. The van der Waals surface area contributed by atoms with Gasteiger partial charge in [0.15, 0.2) is 5.78 Å². The first-order valence-corrected chi connectivity index (χ1v) is 4.77. The number of nitrogens with one attached hydrogen (secondary N) is 1. The van der Waals surface area contributed by atoms with Gasteiger partial charge < -0.3 is 11.1 Å². The van der Waals surface area contributed by atoms with Crippen molar-refractivity contribution in [3.8, 4) is 0 Å². The molecule has 1 aromatic rings. The molecule has 0 heterocycles. The van der Waals surface area contributed by atoms with Crippen LogP contribution in [0.1, 0.15) is 5.56 Å². The summed E-state index contributed by atoms with van der Waals surface area (Å²) in [6.45, 7) is 1.03. The summed E-state index contributed by atoms with van der Waals surface area (Å²) in [6, 6.07) is 7.51. The zero-order valence-electron chi connectivity index (χ0n) is 7.79. The summed E-state index contributed by atoms with van der Waals surface area (Å²) in [5, 5.41) is 3.69. The predicted octanol–water partition coefficient (Wildman–Crippen LogP) is 0.957. The van der Waals surface area contributed by atoms with Gasteiger partial charge in [-0.2, -0.15) is 0 Å². The SMILES string of the molecule is NCC(=O)CNCc1cccc(Cl)c1. The summed E-state index contributed by atoms with van der Waals surface area (Å²) in [6.07, 6.45) is 0. The van der Waals surface area contributed by atoms with Crippen molar-refractivity contribution >= 4 is 17.4 Å². The fourth-order valence-electron chi connectivity index (χ4n) is 1.07. The van der Waals surface area contributed by atoms with Crippen LogP contribution >= 0.6 is 11.6 Å². The Balaban J connectivity index is 2.35. The number of hydrogen-bond acceptors (Lipinski definition) is 3. The van der Waals surface area contributed by atoms with Crippen molar-refractivity contribution in [1.29, 1.82) is 0 Å². The van der Waals surface area contributed by atoms with Crippen molar-refractivity contribution in [2.75, 3.05) is 13.1 Å². The minimum absolute atomic E-state index is 0.00651.